The largest absolute Gasteiger partial charge is 0.489 e. The lowest BCUT2D eigenvalue weighted by molar-refractivity contribution is 0.110. The van der Waals surface area contributed by atoms with Crippen molar-refractivity contribution in [1.82, 2.24) is 0 Å². The van der Waals surface area contributed by atoms with Gasteiger partial charge in [0, 0.05) is 17.5 Å². The van der Waals surface area contributed by atoms with Gasteiger partial charge in [0.2, 0.25) is 0 Å². The number of hydrogen-bond donors (Lipinski definition) is 1. The summed E-state index contributed by atoms with van der Waals surface area (Å²) in [5, 5.41) is 4.53. The SMILES string of the molecule is CCOCCOc1cccc2c1NC(c1ccc(Cl)cc1)C1CC=CC21. The van der Waals surface area contributed by atoms with Crippen molar-refractivity contribution < 1.29 is 9.47 Å². The molecule has 2 aromatic carbocycles. The smallest absolute Gasteiger partial charge is 0.142 e. The molecule has 136 valence electrons. The highest BCUT2D eigenvalue weighted by Crippen LogP contribution is 2.52. The Morgan fingerprint density at radius 2 is 1.96 bits per heavy atom. The molecule has 0 amide bonds. The number of nitrogens with one attached hydrogen (secondary N) is 1. The average Bonchev–Trinajstić information content (AvgIpc) is 3.15. The normalized spacial score (nSPS) is 23.2. The Labute approximate surface area is 160 Å². The van der Waals surface area contributed by atoms with Gasteiger partial charge in [-0.2, -0.15) is 0 Å². The molecule has 1 aliphatic heterocycles. The average molecular weight is 370 g/mol. The first kappa shape index (κ1) is 17.4. The third kappa shape index (κ3) is 3.34. The number of rotatable bonds is 6. The van der Waals surface area contributed by atoms with Crippen molar-refractivity contribution >= 4 is 17.3 Å². The number of allylic oxidation sites excluding steroid dienone is 2. The van der Waals surface area contributed by atoms with E-state index in [0.29, 0.717) is 31.7 Å². The van der Waals surface area contributed by atoms with Gasteiger partial charge in [0.15, 0.2) is 0 Å². The monoisotopic (exact) mass is 369 g/mol. The van der Waals surface area contributed by atoms with Gasteiger partial charge in [-0.25, -0.2) is 0 Å². The second-order valence-electron chi connectivity index (χ2n) is 6.79. The predicted molar refractivity (Wildman–Crippen MR) is 106 cm³/mol. The molecule has 1 aliphatic carbocycles. The van der Waals surface area contributed by atoms with E-state index < -0.39 is 0 Å². The van der Waals surface area contributed by atoms with Gasteiger partial charge in [-0.1, -0.05) is 48.0 Å². The molecule has 0 spiro atoms. The Kier molecular flexibility index (Phi) is 5.18. The van der Waals surface area contributed by atoms with Crippen LogP contribution in [0.25, 0.3) is 0 Å². The summed E-state index contributed by atoms with van der Waals surface area (Å²) in [6, 6.07) is 14.8. The zero-order valence-electron chi connectivity index (χ0n) is 15.0. The summed E-state index contributed by atoms with van der Waals surface area (Å²) in [5.74, 6) is 1.84. The van der Waals surface area contributed by atoms with E-state index >= 15 is 0 Å². The van der Waals surface area contributed by atoms with Crippen LogP contribution in [-0.2, 0) is 4.74 Å². The standard InChI is InChI=1S/C22H24ClNO2/c1-2-25-13-14-26-20-8-4-7-19-17-5-3-6-18(17)21(24-22(19)20)15-9-11-16(23)12-10-15/h3-5,7-12,17-18,21,24H,2,6,13-14H2,1H3. The lowest BCUT2D eigenvalue weighted by atomic mass is 9.77. The number of hydrogen-bond acceptors (Lipinski definition) is 3. The highest BCUT2D eigenvalue weighted by molar-refractivity contribution is 6.30. The second kappa shape index (κ2) is 7.73. The molecule has 0 aromatic heterocycles. The zero-order chi connectivity index (χ0) is 17.9. The van der Waals surface area contributed by atoms with Gasteiger partial charge in [-0.05, 0) is 48.6 Å². The molecule has 1 N–H and O–H groups in total. The molecule has 3 unspecified atom stereocenters. The first-order valence-corrected chi connectivity index (χ1v) is 9.68. The summed E-state index contributed by atoms with van der Waals surface area (Å²) in [7, 11) is 0. The molecule has 2 aliphatic rings. The van der Waals surface area contributed by atoms with Crippen molar-refractivity contribution in [3.63, 3.8) is 0 Å². The van der Waals surface area contributed by atoms with Crippen LogP contribution in [0, 0.1) is 5.92 Å². The van der Waals surface area contributed by atoms with Gasteiger partial charge in [-0.3, -0.25) is 0 Å². The molecule has 0 bridgehead atoms. The quantitative estimate of drug-likeness (QED) is 0.532. The van der Waals surface area contributed by atoms with Crippen LogP contribution in [0.15, 0.2) is 54.6 Å². The van der Waals surface area contributed by atoms with Gasteiger partial charge in [-0.15, -0.1) is 0 Å². The molecular formula is C22H24ClNO2. The summed E-state index contributed by atoms with van der Waals surface area (Å²) < 4.78 is 11.4. The Morgan fingerprint density at radius 3 is 2.77 bits per heavy atom. The Morgan fingerprint density at radius 1 is 1.12 bits per heavy atom. The first-order chi connectivity index (χ1) is 12.8. The van der Waals surface area contributed by atoms with Gasteiger partial charge in [0.05, 0.1) is 18.3 Å². The maximum Gasteiger partial charge on any atom is 0.142 e. The Bertz CT molecular complexity index is 787. The van der Waals surface area contributed by atoms with Gasteiger partial charge in [0.25, 0.3) is 0 Å². The van der Waals surface area contributed by atoms with Crippen molar-refractivity contribution in [2.75, 3.05) is 25.1 Å². The molecule has 26 heavy (non-hydrogen) atoms. The molecule has 4 heteroatoms. The van der Waals surface area contributed by atoms with E-state index in [1.54, 1.807) is 0 Å². The third-order valence-corrected chi connectivity index (χ3v) is 5.53. The van der Waals surface area contributed by atoms with Gasteiger partial charge < -0.3 is 14.8 Å². The van der Waals surface area contributed by atoms with E-state index in [4.69, 9.17) is 21.1 Å². The topological polar surface area (TPSA) is 30.5 Å². The highest BCUT2D eigenvalue weighted by atomic mass is 35.5. The van der Waals surface area contributed by atoms with Crippen LogP contribution in [0.5, 0.6) is 5.75 Å². The molecule has 3 atom stereocenters. The van der Waals surface area contributed by atoms with E-state index in [1.165, 1.54) is 11.1 Å². The van der Waals surface area contributed by atoms with Crippen molar-refractivity contribution in [2.45, 2.75) is 25.3 Å². The fourth-order valence-corrected chi connectivity index (χ4v) is 4.19. The highest BCUT2D eigenvalue weighted by Gasteiger charge is 2.38. The fourth-order valence-electron chi connectivity index (χ4n) is 4.07. The number of para-hydroxylation sites is 1. The van der Waals surface area contributed by atoms with Crippen LogP contribution < -0.4 is 10.1 Å². The van der Waals surface area contributed by atoms with Crippen LogP contribution in [0.2, 0.25) is 5.02 Å². The van der Waals surface area contributed by atoms with Crippen LogP contribution in [0.1, 0.15) is 36.4 Å². The molecule has 2 aromatic rings. The maximum atomic E-state index is 6.09. The molecule has 1 heterocycles. The summed E-state index contributed by atoms with van der Waals surface area (Å²) in [6.45, 7) is 3.87. The van der Waals surface area contributed by atoms with E-state index in [-0.39, 0.29) is 6.04 Å². The minimum absolute atomic E-state index is 0.247. The number of benzene rings is 2. The first-order valence-electron chi connectivity index (χ1n) is 9.30. The minimum Gasteiger partial charge on any atom is -0.489 e. The van der Waals surface area contributed by atoms with E-state index in [2.05, 4.69) is 41.7 Å². The summed E-state index contributed by atoms with van der Waals surface area (Å²) in [6.07, 6.45) is 5.73. The van der Waals surface area contributed by atoms with Crippen LogP contribution in [0.4, 0.5) is 5.69 Å². The molecule has 0 saturated heterocycles. The van der Waals surface area contributed by atoms with Crippen LogP contribution in [0.3, 0.4) is 0 Å². The molecular weight excluding hydrogens is 346 g/mol. The van der Waals surface area contributed by atoms with Crippen molar-refractivity contribution in [3.8, 4) is 5.75 Å². The molecule has 4 rings (SSSR count). The molecule has 0 fully saturated rings. The molecule has 0 radical (unpaired) electrons. The van der Waals surface area contributed by atoms with Crippen molar-refractivity contribution in [1.29, 1.82) is 0 Å². The number of ether oxygens (including phenoxy) is 2. The van der Waals surface area contributed by atoms with Crippen molar-refractivity contribution in [2.24, 2.45) is 5.92 Å². The molecule has 0 saturated carbocycles. The summed E-state index contributed by atoms with van der Waals surface area (Å²) in [5.41, 5.74) is 3.70. The Balaban J connectivity index is 1.64. The van der Waals surface area contributed by atoms with Gasteiger partial charge in [0.1, 0.15) is 12.4 Å². The summed E-state index contributed by atoms with van der Waals surface area (Å²) in [4.78, 5) is 0. The number of fused-ring (bicyclic) bond motifs is 3. The van der Waals surface area contributed by atoms with E-state index in [9.17, 15) is 0 Å². The maximum absolute atomic E-state index is 6.09. The van der Waals surface area contributed by atoms with E-state index in [0.717, 1.165) is 22.9 Å². The fraction of sp³-hybridized carbons (Fsp3) is 0.364. The van der Waals surface area contributed by atoms with Gasteiger partial charge >= 0.3 is 0 Å². The Hall–Kier alpha value is -1.97. The molecule has 3 nitrogen and oxygen atoms in total. The van der Waals surface area contributed by atoms with Crippen molar-refractivity contribution in [3.05, 3.63) is 70.8 Å². The van der Waals surface area contributed by atoms with E-state index in [1.807, 2.05) is 25.1 Å². The number of halogens is 1. The second-order valence-corrected chi connectivity index (χ2v) is 7.23. The summed E-state index contributed by atoms with van der Waals surface area (Å²) >= 11 is 6.09. The predicted octanol–water partition coefficient (Wildman–Crippen LogP) is 5.58. The third-order valence-electron chi connectivity index (χ3n) is 5.28. The number of anilines is 1. The van der Waals surface area contributed by atoms with Crippen LogP contribution >= 0.6 is 11.6 Å². The lowest BCUT2D eigenvalue weighted by Crippen LogP contribution is -2.29. The van der Waals surface area contributed by atoms with Crippen LogP contribution in [-0.4, -0.2) is 19.8 Å². The lowest BCUT2D eigenvalue weighted by Gasteiger charge is -2.38. The zero-order valence-corrected chi connectivity index (χ0v) is 15.7. The minimum atomic E-state index is 0.247.